The number of rotatable bonds is 2. The topological polar surface area (TPSA) is 69.4 Å². The molecular weight excluding hydrogens is 285 g/mol. The van der Waals surface area contributed by atoms with Gasteiger partial charge in [-0.3, -0.25) is 14.9 Å². The van der Waals surface area contributed by atoms with Crippen molar-refractivity contribution in [2.24, 2.45) is 5.92 Å². The van der Waals surface area contributed by atoms with Crippen molar-refractivity contribution >= 4 is 16.7 Å². The normalized spacial score (nSPS) is 16.4. The summed E-state index contributed by atoms with van der Waals surface area (Å²) in [6, 6.07) is 3.14. The van der Waals surface area contributed by atoms with Crippen LogP contribution in [0.4, 0.5) is 5.69 Å². The third-order valence-corrected chi connectivity index (χ3v) is 3.08. The van der Waals surface area contributed by atoms with Gasteiger partial charge in [0.2, 0.25) is 0 Å². The molecule has 0 aromatic heterocycles. The molecule has 0 saturated carbocycles. The molecule has 1 unspecified atom stereocenters. The Labute approximate surface area is 120 Å². The molecule has 5 nitrogen and oxygen atoms in total. The number of ketones is 1. The van der Waals surface area contributed by atoms with Gasteiger partial charge in [-0.25, -0.2) is 0 Å². The van der Waals surface area contributed by atoms with Crippen molar-refractivity contribution < 1.29 is 31.4 Å². The van der Waals surface area contributed by atoms with Crippen LogP contribution in [0, 0.1) is 23.0 Å². The number of nitro benzene ring substituents is 1. The van der Waals surface area contributed by atoms with E-state index in [0.717, 1.165) is 5.56 Å². The van der Waals surface area contributed by atoms with Crippen LogP contribution in [-0.4, -0.2) is 22.5 Å². The number of aryl methyl sites for hydroxylation is 1. The summed E-state index contributed by atoms with van der Waals surface area (Å²) in [4.78, 5) is 21.8. The molecule has 19 heavy (non-hydrogen) atoms. The molecular formula is C13H15NO4V. The molecule has 0 N–H and O–H groups in total. The molecule has 1 aromatic carbocycles. The number of hydrogen-bond acceptors (Lipinski definition) is 4. The van der Waals surface area contributed by atoms with Gasteiger partial charge in [-0.15, -0.1) is 0 Å². The first-order valence-electron chi connectivity index (χ1n) is 5.72. The summed E-state index contributed by atoms with van der Waals surface area (Å²) in [6.45, 7) is 3.64. The molecule has 0 bridgehead atoms. The average molecular weight is 300 g/mol. The molecule has 2 rings (SSSR count). The van der Waals surface area contributed by atoms with Crippen LogP contribution in [0.3, 0.4) is 0 Å². The Hall–Kier alpha value is -1.46. The van der Waals surface area contributed by atoms with Crippen molar-refractivity contribution in [1.29, 1.82) is 0 Å². The molecule has 1 atom stereocenters. The number of hydrogen-bond donors (Lipinski definition) is 0. The number of fused-ring (bicyclic) bond motifs is 1. The number of nitro groups is 1. The van der Waals surface area contributed by atoms with Crippen molar-refractivity contribution in [3.63, 3.8) is 0 Å². The van der Waals surface area contributed by atoms with Gasteiger partial charge in [-0.2, -0.15) is 0 Å². The van der Waals surface area contributed by atoms with E-state index >= 15 is 0 Å². The first kappa shape index (κ1) is 15.6. The first-order chi connectivity index (χ1) is 9.00. The first-order valence-corrected chi connectivity index (χ1v) is 6.71. The molecule has 0 saturated heterocycles. The van der Waals surface area contributed by atoms with E-state index in [1.807, 2.05) is 6.92 Å². The van der Waals surface area contributed by atoms with Crippen LogP contribution >= 0.6 is 0 Å². The molecule has 0 spiro atoms. The van der Waals surface area contributed by atoms with Gasteiger partial charge in [0.15, 0.2) is 0 Å². The Kier molecular flexibility index (Phi) is 5.45. The second-order valence-electron chi connectivity index (χ2n) is 4.29. The predicted octanol–water partition coefficient (Wildman–Crippen LogP) is 2.01. The fourth-order valence-electron chi connectivity index (χ4n) is 2.05. The molecule has 101 valence electrons. The number of nitrogens with zero attached hydrogens (tertiary/aromatic N) is 1. The van der Waals surface area contributed by atoms with Crippen LogP contribution in [0.1, 0.15) is 18.1 Å². The van der Waals surface area contributed by atoms with E-state index in [4.69, 9.17) is 4.74 Å². The van der Waals surface area contributed by atoms with Crippen molar-refractivity contribution in [1.82, 2.24) is 0 Å². The van der Waals surface area contributed by atoms with Crippen molar-refractivity contribution in [2.75, 3.05) is 6.61 Å². The number of carbonyl (C=O) groups is 1. The Balaban J connectivity index is 0.000000861. The number of carbonyl (C=O) groups excluding carboxylic acids is 1. The van der Waals surface area contributed by atoms with E-state index in [1.165, 1.54) is 13.0 Å². The molecule has 1 aromatic rings. The van der Waals surface area contributed by atoms with Crippen LogP contribution in [-0.2, 0) is 28.2 Å². The van der Waals surface area contributed by atoms with Crippen LogP contribution in [0.2, 0.25) is 0 Å². The quantitative estimate of drug-likeness (QED) is 0.619. The van der Waals surface area contributed by atoms with Gasteiger partial charge < -0.3 is 4.74 Å². The number of benzene rings is 1. The van der Waals surface area contributed by atoms with E-state index in [-0.39, 0.29) is 17.4 Å². The zero-order chi connectivity index (χ0) is 14.6. The summed E-state index contributed by atoms with van der Waals surface area (Å²) in [7, 11) is 0. The van der Waals surface area contributed by atoms with E-state index in [1.54, 1.807) is 6.07 Å². The standard InChI is InChI=1S/C12H13NO4.CH2.V/c1-7-3-4-11(13(15)16)10-5-9(8(2)14)6-17-12(7)10;;/h3-4,9H,5-6H2,1-2H3;1H2;. The third kappa shape index (κ3) is 3.30. The summed E-state index contributed by atoms with van der Waals surface area (Å²) in [5, 5.41) is 14.1. The van der Waals surface area contributed by atoms with Crippen molar-refractivity contribution in [3.8, 4) is 5.75 Å². The SMILES string of the molecule is CC(=O)C1COc2c(C)ccc([N+](=O)[O-])c2C1.[CH2]=[V]. The van der Waals surface area contributed by atoms with Gasteiger partial charge in [0.05, 0.1) is 23.0 Å². The summed E-state index contributed by atoms with van der Waals surface area (Å²) < 4.78 is 5.49. The van der Waals surface area contributed by atoms with Crippen LogP contribution in [0.5, 0.6) is 5.75 Å². The van der Waals surface area contributed by atoms with Gasteiger partial charge in [0.1, 0.15) is 11.5 Å². The molecule has 0 aliphatic carbocycles. The van der Waals surface area contributed by atoms with Crippen LogP contribution in [0.15, 0.2) is 12.1 Å². The Morgan fingerprint density at radius 3 is 2.68 bits per heavy atom. The molecule has 1 aliphatic rings. The Morgan fingerprint density at radius 1 is 1.53 bits per heavy atom. The fourth-order valence-corrected chi connectivity index (χ4v) is 2.05. The molecule has 1 aliphatic heterocycles. The summed E-state index contributed by atoms with van der Waals surface area (Å²) in [5.41, 5.74) is 1.45. The second kappa shape index (κ2) is 6.64. The fraction of sp³-hybridized carbons (Fsp3) is 0.385. The zero-order valence-corrected chi connectivity index (χ0v) is 12.3. The van der Waals surface area contributed by atoms with Gasteiger partial charge >= 0.3 is 22.2 Å². The van der Waals surface area contributed by atoms with Gasteiger partial charge in [0, 0.05) is 6.07 Å². The van der Waals surface area contributed by atoms with E-state index in [9.17, 15) is 14.9 Å². The Bertz CT molecular complexity index is 516. The maximum absolute atomic E-state index is 11.3. The van der Waals surface area contributed by atoms with Crippen molar-refractivity contribution in [3.05, 3.63) is 33.4 Å². The van der Waals surface area contributed by atoms with Gasteiger partial charge in [-0.1, -0.05) is 0 Å². The van der Waals surface area contributed by atoms with E-state index < -0.39 is 4.92 Å². The van der Waals surface area contributed by atoms with E-state index in [2.05, 4.69) is 22.2 Å². The number of ether oxygens (including phenoxy) is 1. The van der Waals surface area contributed by atoms with Gasteiger partial charge in [0.25, 0.3) is 5.69 Å². The second-order valence-corrected chi connectivity index (χ2v) is 4.29. The minimum atomic E-state index is -0.426. The van der Waals surface area contributed by atoms with Crippen molar-refractivity contribution in [2.45, 2.75) is 20.3 Å². The summed E-state index contributed by atoms with van der Waals surface area (Å²) in [6.07, 6.45) is 0.392. The molecule has 0 fully saturated rings. The number of Topliss-reactive ketones (excluding diaryl/α,β-unsaturated/α-hetero) is 1. The third-order valence-electron chi connectivity index (χ3n) is 3.08. The van der Waals surface area contributed by atoms with E-state index in [0.29, 0.717) is 24.3 Å². The monoisotopic (exact) mass is 300 g/mol. The van der Waals surface area contributed by atoms with Crippen LogP contribution in [0.25, 0.3) is 0 Å². The Morgan fingerprint density at radius 2 is 2.16 bits per heavy atom. The average Bonchev–Trinajstić information content (AvgIpc) is 2.40. The van der Waals surface area contributed by atoms with Gasteiger partial charge in [-0.05, 0) is 31.9 Å². The minimum absolute atomic E-state index is 0.00598. The molecule has 1 heterocycles. The predicted molar refractivity (Wildman–Crippen MR) is 68.3 cm³/mol. The maximum atomic E-state index is 11.3. The molecule has 6 heteroatoms. The summed E-state index contributed by atoms with van der Waals surface area (Å²) in [5.74, 6) is 0.297. The zero-order valence-electron chi connectivity index (χ0n) is 10.9. The van der Waals surface area contributed by atoms with Crippen LogP contribution < -0.4 is 4.74 Å². The molecule has 0 radical (unpaired) electrons. The molecule has 0 amide bonds. The summed E-state index contributed by atoms with van der Waals surface area (Å²) >= 11 is 2.06.